The Morgan fingerprint density at radius 1 is 0.921 bits per heavy atom. The van der Waals surface area contributed by atoms with Gasteiger partial charge in [-0.25, -0.2) is 9.32 Å². The van der Waals surface area contributed by atoms with Gasteiger partial charge in [0.1, 0.15) is 17.2 Å². The van der Waals surface area contributed by atoms with E-state index in [1.54, 1.807) is 49.4 Å². The maximum Gasteiger partial charge on any atom is 0.757 e. The van der Waals surface area contributed by atoms with Gasteiger partial charge in [0.2, 0.25) is 0 Å². The normalized spacial score (nSPS) is 19.4. The van der Waals surface area contributed by atoms with E-state index >= 15 is 0 Å². The number of rotatable bonds is 8. The molecule has 0 saturated carbocycles. The molecule has 0 fully saturated rings. The number of phosphoric acid groups is 2. The van der Waals surface area contributed by atoms with Crippen LogP contribution in [0.15, 0.2) is 60.7 Å². The standard InChI is InChI=1S/C22H17O13P3/c1-2-30-13-7-9-17-19(11-13)31-20-12-14(33-36(24)34-38(28,29)35-37(25,26)27)8-10-18(20)22(17)16-6-4-3-5-15(16)21(23)32-22/h3-12H,2H2,1H3,(H2-,25,26,27,28,29)/p-2. The number of benzene rings is 3. The summed E-state index contributed by atoms with van der Waals surface area (Å²) < 4.78 is 63.9. The van der Waals surface area contributed by atoms with Gasteiger partial charge in [-0.15, -0.1) is 0 Å². The van der Waals surface area contributed by atoms with Gasteiger partial charge in [-0.05, 0) is 41.6 Å². The van der Waals surface area contributed by atoms with E-state index < -0.39 is 35.5 Å². The fourth-order valence-corrected chi connectivity index (χ4v) is 6.71. The van der Waals surface area contributed by atoms with E-state index in [9.17, 15) is 33.2 Å². The van der Waals surface area contributed by atoms with Gasteiger partial charge in [0.05, 0.1) is 20.0 Å². The molecule has 0 radical (unpaired) electrons. The van der Waals surface area contributed by atoms with Crippen molar-refractivity contribution in [3.63, 3.8) is 0 Å². The summed E-state index contributed by atoms with van der Waals surface area (Å²) in [4.78, 5) is 45.4. The van der Waals surface area contributed by atoms with Crippen LogP contribution in [0.2, 0.25) is 0 Å². The second kappa shape index (κ2) is 9.57. The van der Waals surface area contributed by atoms with Gasteiger partial charge in [0.15, 0.2) is 11.4 Å². The van der Waals surface area contributed by atoms with Crippen LogP contribution in [0.5, 0.6) is 23.0 Å². The molecule has 0 bridgehead atoms. The summed E-state index contributed by atoms with van der Waals surface area (Å²) in [5.74, 6) is 0.0675. The maximum atomic E-state index is 12.9. The Labute approximate surface area is 215 Å². The van der Waals surface area contributed by atoms with Crippen LogP contribution in [0.1, 0.15) is 34.0 Å². The number of carbonyl (C=O) groups excluding carboxylic acids is 1. The minimum Gasteiger partial charge on any atom is -0.790 e. The highest BCUT2D eigenvalue weighted by Gasteiger charge is 2.53. The van der Waals surface area contributed by atoms with Crippen LogP contribution in [0.25, 0.3) is 0 Å². The largest absolute Gasteiger partial charge is 0.790 e. The number of hydrogen-bond donors (Lipinski definition) is 0. The van der Waals surface area contributed by atoms with Crippen molar-refractivity contribution in [3.05, 3.63) is 82.9 Å². The minimum atomic E-state index is -5.99. The summed E-state index contributed by atoms with van der Waals surface area (Å²) in [5.41, 5.74) is 0.372. The zero-order valence-electron chi connectivity index (χ0n) is 19.1. The van der Waals surface area contributed by atoms with Crippen molar-refractivity contribution < 1.29 is 60.5 Å². The quantitative estimate of drug-likeness (QED) is 0.279. The number of esters is 1. The lowest BCUT2D eigenvalue weighted by molar-refractivity contribution is -0.339. The molecule has 3 atom stereocenters. The van der Waals surface area contributed by atoms with E-state index in [0.29, 0.717) is 34.6 Å². The van der Waals surface area contributed by atoms with Crippen molar-refractivity contribution in [1.29, 1.82) is 0 Å². The highest BCUT2D eigenvalue weighted by Crippen LogP contribution is 2.59. The predicted octanol–water partition coefficient (Wildman–Crippen LogP) is 3.02. The highest BCUT2D eigenvalue weighted by atomic mass is 31.3. The van der Waals surface area contributed by atoms with E-state index in [1.165, 1.54) is 18.2 Å². The Bertz CT molecular complexity index is 1570. The first-order valence-electron chi connectivity index (χ1n) is 10.7. The second-order valence-electron chi connectivity index (χ2n) is 7.84. The molecule has 0 aromatic heterocycles. The van der Waals surface area contributed by atoms with Crippen LogP contribution in [0.3, 0.4) is 0 Å². The molecule has 2 heterocycles. The van der Waals surface area contributed by atoms with Gasteiger partial charge < -0.3 is 33.5 Å². The Hall–Kier alpha value is -3.11. The molecule has 16 heteroatoms. The van der Waals surface area contributed by atoms with Gasteiger partial charge >= 0.3 is 22.0 Å². The Kier molecular flexibility index (Phi) is 6.67. The number of carbonyl (C=O) groups is 1. The molecule has 2 aliphatic heterocycles. The molecule has 0 saturated heterocycles. The fraction of sp³-hybridized carbons (Fsp3) is 0.136. The summed E-state index contributed by atoms with van der Waals surface area (Å²) >= 11 is 0. The number of fused-ring (bicyclic) bond motifs is 6. The zero-order chi connectivity index (χ0) is 27.3. The minimum absolute atomic E-state index is 0.0988. The SMILES string of the molecule is CCOc1ccc2c(c1)Oc1cc(O[P+](=O)OP(=O)([O-])OP(=O)([O-])[O-])ccc1C21OC(=O)c2ccccc21. The molecule has 0 N–H and O–H groups in total. The van der Waals surface area contributed by atoms with Crippen molar-refractivity contribution in [3.8, 4) is 23.0 Å². The Balaban J connectivity index is 1.55. The van der Waals surface area contributed by atoms with Crippen LogP contribution < -0.4 is 28.7 Å². The summed E-state index contributed by atoms with van der Waals surface area (Å²) in [6.07, 6.45) is 0. The molecular formula is C22H15O13P3-2. The van der Waals surface area contributed by atoms with Crippen molar-refractivity contribution in [2.75, 3.05) is 6.61 Å². The van der Waals surface area contributed by atoms with Crippen LogP contribution in [0, 0.1) is 0 Å². The lowest BCUT2D eigenvalue weighted by atomic mass is 9.77. The number of hydrogen-bond acceptors (Lipinski definition) is 13. The molecular weight excluding hydrogens is 565 g/mol. The lowest BCUT2D eigenvalue weighted by Crippen LogP contribution is -2.33. The summed E-state index contributed by atoms with van der Waals surface area (Å²) in [7, 11) is -15.3. The van der Waals surface area contributed by atoms with E-state index in [-0.39, 0.29) is 17.2 Å². The molecule has 2 aliphatic rings. The molecule has 0 aliphatic carbocycles. The monoisotopic (exact) mass is 580 g/mol. The fourth-order valence-electron chi connectivity index (χ4n) is 4.27. The predicted molar refractivity (Wildman–Crippen MR) is 121 cm³/mol. The van der Waals surface area contributed by atoms with Crippen LogP contribution in [-0.2, 0) is 32.7 Å². The first-order chi connectivity index (χ1) is 17.9. The van der Waals surface area contributed by atoms with Crippen LogP contribution in [-0.4, -0.2) is 12.6 Å². The molecule has 0 amide bonds. The molecule has 5 rings (SSSR count). The van der Waals surface area contributed by atoms with Crippen LogP contribution in [0.4, 0.5) is 0 Å². The van der Waals surface area contributed by atoms with Crippen molar-refractivity contribution in [2.45, 2.75) is 12.5 Å². The highest BCUT2D eigenvalue weighted by molar-refractivity contribution is 7.62. The maximum absolute atomic E-state index is 12.9. The third kappa shape index (κ3) is 4.87. The Morgan fingerprint density at radius 2 is 1.55 bits per heavy atom. The van der Waals surface area contributed by atoms with E-state index in [4.69, 9.17) is 18.7 Å². The first kappa shape index (κ1) is 26.5. The average molecular weight is 580 g/mol. The van der Waals surface area contributed by atoms with Gasteiger partial charge in [-0.2, -0.15) is 0 Å². The third-order valence-corrected chi connectivity index (χ3v) is 8.81. The second-order valence-corrected chi connectivity index (χ2v) is 11.6. The molecule has 1 spiro atoms. The van der Waals surface area contributed by atoms with Crippen molar-refractivity contribution >= 4 is 29.9 Å². The smallest absolute Gasteiger partial charge is 0.757 e. The topological polar surface area (TPSA) is 193 Å². The van der Waals surface area contributed by atoms with Gasteiger partial charge in [0.25, 0.3) is 0 Å². The lowest BCUT2D eigenvalue weighted by Gasteiger charge is -2.36. The van der Waals surface area contributed by atoms with Gasteiger partial charge in [0, 0.05) is 33.4 Å². The summed E-state index contributed by atoms with van der Waals surface area (Å²) in [6.45, 7) is 2.18. The van der Waals surface area contributed by atoms with Crippen molar-refractivity contribution in [1.82, 2.24) is 0 Å². The molecule has 38 heavy (non-hydrogen) atoms. The first-order valence-corrected chi connectivity index (χ1v) is 14.8. The van der Waals surface area contributed by atoms with E-state index in [2.05, 4.69) is 8.62 Å². The van der Waals surface area contributed by atoms with Crippen LogP contribution >= 0.6 is 23.9 Å². The average Bonchev–Trinajstić information content (AvgIpc) is 3.10. The molecule has 3 aromatic rings. The van der Waals surface area contributed by atoms with Crippen molar-refractivity contribution in [2.24, 2.45) is 0 Å². The summed E-state index contributed by atoms with van der Waals surface area (Å²) in [5, 5.41) is 0. The zero-order valence-corrected chi connectivity index (χ0v) is 21.8. The summed E-state index contributed by atoms with van der Waals surface area (Å²) in [6, 6.07) is 15.8. The number of ether oxygens (including phenoxy) is 3. The third-order valence-electron chi connectivity index (χ3n) is 5.51. The van der Waals surface area contributed by atoms with Gasteiger partial charge in [-0.1, -0.05) is 18.2 Å². The molecule has 3 unspecified atom stereocenters. The Morgan fingerprint density at radius 3 is 2.21 bits per heavy atom. The van der Waals surface area contributed by atoms with Gasteiger partial charge in [-0.3, -0.25) is 8.88 Å². The molecule has 13 nitrogen and oxygen atoms in total. The molecule has 3 aromatic carbocycles. The molecule has 198 valence electrons. The van der Waals surface area contributed by atoms with E-state index in [0.717, 1.165) is 0 Å². The van der Waals surface area contributed by atoms with E-state index in [1.807, 2.05) is 0 Å².